The lowest BCUT2D eigenvalue weighted by molar-refractivity contribution is 0.162. The van der Waals surface area contributed by atoms with E-state index in [9.17, 15) is 5.11 Å². The zero-order valence-corrected chi connectivity index (χ0v) is 11.5. The summed E-state index contributed by atoms with van der Waals surface area (Å²) in [7, 11) is 0. The fraction of sp³-hybridized carbons (Fsp3) is 0.125. The molecule has 0 aromatic heterocycles. The van der Waals surface area contributed by atoms with Crippen LogP contribution >= 0.6 is 15.9 Å². The lowest BCUT2D eigenvalue weighted by Gasteiger charge is -2.20. The van der Waals surface area contributed by atoms with Crippen LogP contribution in [0.15, 0.2) is 71.7 Å². The minimum absolute atomic E-state index is 0.0482. The summed E-state index contributed by atoms with van der Waals surface area (Å²) in [5.41, 5.74) is 2.03. The van der Waals surface area contributed by atoms with E-state index in [4.69, 9.17) is 0 Å². The van der Waals surface area contributed by atoms with Crippen molar-refractivity contribution in [3.05, 3.63) is 82.9 Å². The van der Waals surface area contributed by atoms with Gasteiger partial charge in [-0.2, -0.15) is 0 Å². The maximum absolute atomic E-state index is 10.5. The maximum Gasteiger partial charge on any atom is 0.0893 e. The third-order valence-corrected chi connectivity index (χ3v) is 3.25. The van der Waals surface area contributed by atoms with Gasteiger partial charge in [-0.15, -0.1) is 0 Å². The van der Waals surface area contributed by atoms with Crippen LogP contribution in [-0.2, 0) is 0 Å². The Balaban J connectivity index is 2.32. The first-order valence-corrected chi connectivity index (χ1v) is 6.79. The number of hydrogen-bond acceptors (Lipinski definition) is 1. The largest absolute Gasteiger partial charge is 0.387 e. The molecule has 0 saturated carbocycles. The number of benzene rings is 2. The Labute approximate surface area is 116 Å². The van der Waals surface area contributed by atoms with Crippen LogP contribution < -0.4 is 0 Å². The molecule has 0 aliphatic rings. The van der Waals surface area contributed by atoms with Gasteiger partial charge in [0.15, 0.2) is 0 Å². The van der Waals surface area contributed by atoms with Gasteiger partial charge in [0.2, 0.25) is 0 Å². The van der Waals surface area contributed by atoms with Gasteiger partial charge >= 0.3 is 0 Å². The zero-order chi connectivity index (χ0) is 12.8. The van der Waals surface area contributed by atoms with E-state index in [2.05, 4.69) is 15.9 Å². The number of aliphatic hydroxyl groups is 1. The first kappa shape index (κ1) is 13.1. The van der Waals surface area contributed by atoms with Crippen molar-refractivity contribution in [3.63, 3.8) is 0 Å². The van der Waals surface area contributed by atoms with Gasteiger partial charge in [0.1, 0.15) is 0 Å². The molecule has 2 unspecified atom stereocenters. The average molecular weight is 303 g/mol. The molecule has 0 aliphatic heterocycles. The molecule has 2 aromatic rings. The van der Waals surface area contributed by atoms with Gasteiger partial charge in [0.25, 0.3) is 0 Å². The third-order valence-electron chi connectivity index (χ3n) is 2.95. The minimum Gasteiger partial charge on any atom is -0.387 e. The van der Waals surface area contributed by atoms with E-state index in [1.165, 1.54) is 0 Å². The Hall–Kier alpha value is -1.38. The number of halogens is 1. The second-order valence-electron chi connectivity index (χ2n) is 4.11. The summed E-state index contributed by atoms with van der Waals surface area (Å²) in [5.74, 6) is -0.0482. The predicted octanol–water partition coefficient (Wildman–Crippen LogP) is 4.41. The minimum atomic E-state index is -0.539. The maximum atomic E-state index is 10.5. The van der Waals surface area contributed by atoms with Gasteiger partial charge in [-0.05, 0) is 16.1 Å². The molecule has 0 fully saturated rings. The van der Waals surface area contributed by atoms with E-state index in [0.717, 1.165) is 11.1 Å². The van der Waals surface area contributed by atoms with Crippen molar-refractivity contribution in [2.45, 2.75) is 12.0 Å². The second kappa shape index (κ2) is 6.53. The molecule has 1 N–H and O–H groups in total. The van der Waals surface area contributed by atoms with Gasteiger partial charge in [0, 0.05) is 5.92 Å². The molecule has 2 heteroatoms. The van der Waals surface area contributed by atoms with Gasteiger partial charge in [-0.25, -0.2) is 0 Å². The Morgan fingerprint density at radius 3 is 1.83 bits per heavy atom. The summed E-state index contributed by atoms with van der Waals surface area (Å²) in [6, 6.07) is 19.8. The Bertz CT molecular complexity index is 493. The van der Waals surface area contributed by atoms with Crippen molar-refractivity contribution >= 4 is 15.9 Å². The predicted molar refractivity (Wildman–Crippen MR) is 78.7 cm³/mol. The summed E-state index contributed by atoms with van der Waals surface area (Å²) < 4.78 is 0. The normalized spacial score (nSPS) is 14.6. The number of aliphatic hydroxyl groups excluding tert-OH is 1. The van der Waals surface area contributed by atoms with E-state index < -0.39 is 6.10 Å². The van der Waals surface area contributed by atoms with Crippen LogP contribution in [0.25, 0.3) is 0 Å². The molecule has 2 aromatic carbocycles. The van der Waals surface area contributed by atoms with Crippen LogP contribution in [0.3, 0.4) is 0 Å². The summed E-state index contributed by atoms with van der Waals surface area (Å²) in [6.45, 7) is 0. The zero-order valence-electron chi connectivity index (χ0n) is 9.91. The highest BCUT2D eigenvalue weighted by Crippen LogP contribution is 2.32. The smallest absolute Gasteiger partial charge is 0.0893 e. The quantitative estimate of drug-likeness (QED) is 0.887. The molecular weight excluding hydrogens is 288 g/mol. The van der Waals surface area contributed by atoms with Gasteiger partial charge in [-0.3, -0.25) is 0 Å². The summed E-state index contributed by atoms with van der Waals surface area (Å²) >= 11 is 3.30. The van der Waals surface area contributed by atoms with Crippen LogP contribution in [0.4, 0.5) is 0 Å². The average Bonchev–Trinajstić information content (AvgIpc) is 2.46. The molecule has 92 valence electrons. The van der Waals surface area contributed by atoms with Crippen molar-refractivity contribution in [1.29, 1.82) is 0 Å². The molecule has 18 heavy (non-hydrogen) atoms. The molecular formula is C16H15BrO. The fourth-order valence-electron chi connectivity index (χ4n) is 2.01. The molecule has 2 atom stereocenters. The Kier molecular flexibility index (Phi) is 4.73. The van der Waals surface area contributed by atoms with Crippen LogP contribution in [0.2, 0.25) is 0 Å². The van der Waals surface area contributed by atoms with Gasteiger partial charge in [0.05, 0.1) is 6.10 Å². The Morgan fingerprint density at radius 2 is 1.33 bits per heavy atom. The van der Waals surface area contributed by atoms with Crippen molar-refractivity contribution in [3.8, 4) is 0 Å². The number of rotatable bonds is 4. The highest BCUT2D eigenvalue weighted by atomic mass is 79.9. The fourth-order valence-corrected chi connectivity index (χ4v) is 2.34. The van der Waals surface area contributed by atoms with E-state index in [0.29, 0.717) is 0 Å². The lowest BCUT2D eigenvalue weighted by Crippen LogP contribution is -2.08. The lowest BCUT2D eigenvalue weighted by atomic mass is 9.89. The highest BCUT2D eigenvalue weighted by Gasteiger charge is 2.19. The van der Waals surface area contributed by atoms with Crippen LogP contribution in [-0.4, -0.2) is 5.11 Å². The van der Waals surface area contributed by atoms with Gasteiger partial charge in [-0.1, -0.05) is 82.7 Å². The molecule has 0 bridgehead atoms. The standard InChI is InChI=1S/C16H15BrO/c17-12-11-15(13-7-3-1-4-8-13)16(18)14-9-5-2-6-10-14/h1-12,15-16,18H/b12-11+. The first-order chi connectivity index (χ1) is 8.83. The van der Waals surface area contributed by atoms with E-state index in [-0.39, 0.29) is 5.92 Å². The SMILES string of the molecule is OC(c1ccccc1)C(/C=C/Br)c1ccccc1. The van der Waals surface area contributed by atoms with Crippen molar-refractivity contribution in [2.24, 2.45) is 0 Å². The molecule has 0 saturated heterocycles. The molecule has 0 heterocycles. The molecule has 0 amide bonds. The van der Waals surface area contributed by atoms with Crippen molar-refractivity contribution in [2.75, 3.05) is 0 Å². The second-order valence-corrected chi connectivity index (χ2v) is 4.64. The number of hydrogen-bond donors (Lipinski definition) is 1. The van der Waals surface area contributed by atoms with Crippen LogP contribution in [0, 0.1) is 0 Å². The van der Waals surface area contributed by atoms with E-state index in [1.54, 1.807) is 4.99 Å². The highest BCUT2D eigenvalue weighted by molar-refractivity contribution is 9.11. The van der Waals surface area contributed by atoms with E-state index >= 15 is 0 Å². The van der Waals surface area contributed by atoms with Crippen LogP contribution in [0.5, 0.6) is 0 Å². The van der Waals surface area contributed by atoms with Crippen LogP contribution in [0.1, 0.15) is 23.1 Å². The molecule has 0 radical (unpaired) electrons. The summed E-state index contributed by atoms with van der Waals surface area (Å²) in [6.07, 6.45) is 1.43. The summed E-state index contributed by atoms with van der Waals surface area (Å²) in [4.78, 5) is 1.80. The molecule has 0 aliphatic carbocycles. The van der Waals surface area contributed by atoms with Crippen molar-refractivity contribution in [1.82, 2.24) is 0 Å². The van der Waals surface area contributed by atoms with E-state index in [1.807, 2.05) is 66.7 Å². The van der Waals surface area contributed by atoms with Gasteiger partial charge < -0.3 is 5.11 Å². The molecule has 1 nitrogen and oxygen atoms in total. The molecule has 2 rings (SSSR count). The monoisotopic (exact) mass is 302 g/mol. The topological polar surface area (TPSA) is 20.2 Å². The third kappa shape index (κ3) is 3.09. The Morgan fingerprint density at radius 1 is 0.833 bits per heavy atom. The molecule has 0 spiro atoms. The van der Waals surface area contributed by atoms with Crippen molar-refractivity contribution < 1.29 is 5.11 Å². The summed E-state index contributed by atoms with van der Waals surface area (Å²) in [5, 5.41) is 10.5. The first-order valence-electron chi connectivity index (χ1n) is 5.88.